The summed E-state index contributed by atoms with van der Waals surface area (Å²) < 4.78 is 16.4. The van der Waals surface area contributed by atoms with Crippen LogP contribution in [0.5, 0.6) is 17.2 Å². The van der Waals surface area contributed by atoms with Gasteiger partial charge in [0.1, 0.15) is 0 Å². The molecule has 0 aromatic heterocycles. The predicted octanol–water partition coefficient (Wildman–Crippen LogP) is 3.88. The highest BCUT2D eigenvalue weighted by Gasteiger charge is 2.21. The van der Waals surface area contributed by atoms with Gasteiger partial charge >= 0.3 is 0 Å². The van der Waals surface area contributed by atoms with Crippen molar-refractivity contribution in [1.29, 1.82) is 0 Å². The van der Waals surface area contributed by atoms with Gasteiger partial charge in [0.05, 0.1) is 21.3 Å². The molecule has 0 amide bonds. The number of methoxy groups -OCH3 is 3. The maximum absolute atomic E-state index is 5.57. The Morgan fingerprint density at radius 3 is 2.50 bits per heavy atom. The van der Waals surface area contributed by atoms with Gasteiger partial charge in [-0.1, -0.05) is 30.3 Å². The van der Waals surface area contributed by atoms with Gasteiger partial charge in [-0.15, -0.1) is 0 Å². The summed E-state index contributed by atoms with van der Waals surface area (Å²) in [5.74, 6) is 2.05. The van der Waals surface area contributed by atoms with E-state index in [1.165, 1.54) is 24.0 Å². The molecular formula is C20H25NO3. The molecule has 0 saturated heterocycles. The highest BCUT2D eigenvalue weighted by Crippen LogP contribution is 2.40. The Morgan fingerprint density at radius 1 is 0.958 bits per heavy atom. The van der Waals surface area contributed by atoms with Gasteiger partial charge in [-0.3, -0.25) is 0 Å². The molecule has 0 saturated carbocycles. The first-order valence-corrected chi connectivity index (χ1v) is 8.37. The van der Waals surface area contributed by atoms with Crippen LogP contribution >= 0.6 is 0 Å². The van der Waals surface area contributed by atoms with Crippen molar-refractivity contribution >= 4 is 0 Å². The number of hydrogen-bond acceptors (Lipinski definition) is 4. The molecule has 1 N–H and O–H groups in total. The number of fused-ring (bicyclic) bond motifs is 1. The van der Waals surface area contributed by atoms with Gasteiger partial charge in [-0.05, 0) is 36.5 Å². The monoisotopic (exact) mass is 327 g/mol. The standard InChI is InChI=1S/C20H25NO3/c1-22-18-12-11-15(19(23-2)20(18)24-3)13-21-17-10-6-8-14-7-4-5-9-16(14)17/h4-5,7,9,11-12,17,21H,6,8,10,13H2,1-3H3/t17-/m0/s1. The molecule has 24 heavy (non-hydrogen) atoms. The Balaban J connectivity index is 1.81. The van der Waals surface area contributed by atoms with E-state index in [0.717, 1.165) is 24.3 Å². The second kappa shape index (κ2) is 7.58. The molecule has 4 nitrogen and oxygen atoms in total. The summed E-state index contributed by atoms with van der Waals surface area (Å²) in [6.07, 6.45) is 3.55. The van der Waals surface area contributed by atoms with Crippen molar-refractivity contribution in [2.75, 3.05) is 21.3 Å². The fourth-order valence-electron chi connectivity index (χ4n) is 3.50. The number of ether oxygens (including phenoxy) is 3. The summed E-state index contributed by atoms with van der Waals surface area (Å²) in [5.41, 5.74) is 3.95. The average Bonchev–Trinajstić information content (AvgIpc) is 2.65. The Kier molecular flexibility index (Phi) is 5.26. The Labute approximate surface area is 143 Å². The lowest BCUT2D eigenvalue weighted by atomic mass is 9.87. The van der Waals surface area contributed by atoms with Crippen LogP contribution in [0.2, 0.25) is 0 Å². The fourth-order valence-corrected chi connectivity index (χ4v) is 3.50. The summed E-state index contributed by atoms with van der Waals surface area (Å²) in [6.45, 7) is 0.725. The van der Waals surface area contributed by atoms with Crippen molar-refractivity contribution in [3.05, 3.63) is 53.1 Å². The van der Waals surface area contributed by atoms with Crippen LogP contribution in [-0.2, 0) is 13.0 Å². The molecule has 2 aromatic rings. The van der Waals surface area contributed by atoms with Crippen molar-refractivity contribution in [3.63, 3.8) is 0 Å². The number of aryl methyl sites for hydroxylation is 1. The predicted molar refractivity (Wildman–Crippen MR) is 95.1 cm³/mol. The van der Waals surface area contributed by atoms with E-state index in [-0.39, 0.29) is 0 Å². The minimum atomic E-state index is 0.382. The zero-order chi connectivity index (χ0) is 16.9. The second-order valence-electron chi connectivity index (χ2n) is 6.02. The van der Waals surface area contributed by atoms with E-state index >= 15 is 0 Å². The third kappa shape index (κ3) is 3.20. The summed E-state index contributed by atoms with van der Waals surface area (Å²) >= 11 is 0. The van der Waals surface area contributed by atoms with Gasteiger partial charge in [0, 0.05) is 18.2 Å². The molecular weight excluding hydrogens is 302 g/mol. The number of nitrogens with one attached hydrogen (secondary N) is 1. The van der Waals surface area contributed by atoms with Gasteiger partial charge in [0.25, 0.3) is 0 Å². The highest BCUT2D eigenvalue weighted by atomic mass is 16.5. The first-order chi connectivity index (χ1) is 11.8. The number of benzene rings is 2. The molecule has 1 aliphatic carbocycles. The summed E-state index contributed by atoms with van der Waals surface area (Å²) in [4.78, 5) is 0. The Hall–Kier alpha value is -2.20. The first-order valence-electron chi connectivity index (χ1n) is 8.37. The Bertz CT molecular complexity index is 699. The maximum Gasteiger partial charge on any atom is 0.203 e. The fraction of sp³-hybridized carbons (Fsp3) is 0.400. The molecule has 1 atom stereocenters. The lowest BCUT2D eigenvalue weighted by molar-refractivity contribution is 0.320. The summed E-state index contributed by atoms with van der Waals surface area (Å²) in [5, 5.41) is 3.68. The van der Waals surface area contributed by atoms with Crippen molar-refractivity contribution in [3.8, 4) is 17.2 Å². The minimum absolute atomic E-state index is 0.382. The van der Waals surface area contributed by atoms with Crippen LogP contribution in [0.3, 0.4) is 0 Å². The van der Waals surface area contributed by atoms with Gasteiger partial charge in [0.15, 0.2) is 11.5 Å². The van der Waals surface area contributed by atoms with Crippen LogP contribution in [0.15, 0.2) is 36.4 Å². The van der Waals surface area contributed by atoms with E-state index in [1.807, 2.05) is 12.1 Å². The zero-order valence-electron chi connectivity index (χ0n) is 14.6. The lowest BCUT2D eigenvalue weighted by Gasteiger charge is -2.27. The minimum Gasteiger partial charge on any atom is -0.493 e. The average molecular weight is 327 g/mol. The quantitative estimate of drug-likeness (QED) is 0.874. The lowest BCUT2D eigenvalue weighted by Crippen LogP contribution is -2.25. The van der Waals surface area contributed by atoms with Crippen LogP contribution in [0.4, 0.5) is 0 Å². The van der Waals surface area contributed by atoms with E-state index < -0.39 is 0 Å². The van der Waals surface area contributed by atoms with Crippen LogP contribution in [0.1, 0.15) is 35.6 Å². The number of rotatable bonds is 6. The third-order valence-electron chi connectivity index (χ3n) is 4.69. The largest absolute Gasteiger partial charge is 0.493 e. The second-order valence-corrected chi connectivity index (χ2v) is 6.02. The summed E-state index contributed by atoms with van der Waals surface area (Å²) in [7, 11) is 4.93. The third-order valence-corrected chi connectivity index (χ3v) is 4.69. The van der Waals surface area contributed by atoms with E-state index in [2.05, 4.69) is 29.6 Å². The Morgan fingerprint density at radius 2 is 1.75 bits per heavy atom. The molecule has 0 unspecified atom stereocenters. The van der Waals surface area contributed by atoms with Gasteiger partial charge in [0.2, 0.25) is 5.75 Å². The first kappa shape index (κ1) is 16.7. The van der Waals surface area contributed by atoms with Crippen molar-refractivity contribution in [2.45, 2.75) is 31.8 Å². The molecule has 0 aliphatic heterocycles. The number of hydrogen-bond donors (Lipinski definition) is 1. The maximum atomic E-state index is 5.57. The van der Waals surface area contributed by atoms with E-state index in [0.29, 0.717) is 17.5 Å². The van der Waals surface area contributed by atoms with E-state index in [1.54, 1.807) is 21.3 Å². The smallest absolute Gasteiger partial charge is 0.203 e. The van der Waals surface area contributed by atoms with Crippen LogP contribution in [0, 0.1) is 0 Å². The van der Waals surface area contributed by atoms with Gasteiger partial charge in [-0.25, -0.2) is 0 Å². The van der Waals surface area contributed by atoms with Crippen molar-refractivity contribution in [2.24, 2.45) is 0 Å². The van der Waals surface area contributed by atoms with Crippen LogP contribution in [0.25, 0.3) is 0 Å². The van der Waals surface area contributed by atoms with E-state index in [9.17, 15) is 0 Å². The molecule has 0 radical (unpaired) electrons. The summed E-state index contributed by atoms with van der Waals surface area (Å²) in [6, 6.07) is 13.1. The molecule has 128 valence electrons. The molecule has 3 rings (SSSR count). The van der Waals surface area contributed by atoms with Crippen LogP contribution < -0.4 is 19.5 Å². The van der Waals surface area contributed by atoms with Crippen LogP contribution in [-0.4, -0.2) is 21.3 Å². The van der Waals surface area contributed by atoms with Crippen molar-refractivity contribution < 1.29 is 14.2 Å². The zero-order valence-corrected chi connectivity index (χ0v) is 14.6. The van der Waals surface area contributed by atoms with Gasteiger partial charge in [-0.2, -0.15) is 0 Å². The SMILES string of the molecule is COc1ccc(CN[C@H]2CCCc3ccccc32)c(OC)c1OC. The highest BCUT2D eigenvalue weighted by molar-refractivity contribution is 5.55. The van der Waals surface area contributed by atoms with Gasteiger partial charge < -0.3 is 19.5 Å². The van der Waals surface area contributed by atoms with E-state index in [4.69, 9.17) is 14.2 Å². The molecule has 0 fully saturated rings. The molecule has 0 heterocycles. The molecule has 2 aromatic carbocycles. The topological polar surface area (TPSA) is 39.7 Å². The molecule has 0 spiro atoms. The molecule has 0 bridgehead atoms. The molecule has 1 aliphatic rings. The van der Waals surface area contributed by atoms with Crippen molar-refractivity contribution in [1.82, 2.24) is 5.32 Å². The normalized spacial score (nSPS) is 16.4. The molecule has 4 heteroatoms.